The van der Waals surface area contributed by atoms with Crippen molar-refractivity contribution in [3.63, 3.8) is 0 Å². The summed E-state index contributed by atoms with van der Waals surface area (Å²) in [6.07, 6.45) is 0. The summed E-state index contributed by atoms with van der Waals surface area (Å²) in [6, 6.07) is 39.4. The first-order valence-electron chi connectivity index (χ1n) is 15.1. The van der Waals surface area contributed by atoms with Gasteiger partial charge in [0.25, 0.3) is 10.0 Å². The van der Waals surface area contributed by atoms with Gasteiger partial charge in [-0.25, -0.2) is 13.1 Å². The van der Waals surface area contributed by atoms with Crippen LogP contribution in [0.1, 0.15) is 23.6 Å². The van der Waals surface area contributed by atoms with E-state index in [0.29, 0.717) is 18.0 Å². The quantitative estimate of drug-likeness (QED) is 0.157. The second-order valence-corrected chi connectivity index (χ2v) is 12.9. The molecule has 8 nitrogen and oxygen atoms in total. The number of nitrogens with zero attached hydrogens (tertiary/aromatic N) is 2. The molecule has 6 aromatic rings. The molecule has 1 amide bonds. The monoisotopic (exact) mass is 642 g/mol. The number of aryl methyl sites for hydroxylation is 2. The molecule has 0 aliphatic carbocycles. The van der Waals surface area contributed by atoms with Gasteiger partial charge in [0.1, 0.15) is 12.4 Å². The van der Waals surface area contributed by atoms with Crippen molar-refractivity contribution in [1.29, 1.82) is 0 Å². The summed E-state index contributed by atoms with van der Waals surface area (Å²) in [5.41, 5.74) is 8.71. The lowest BCUT2D eigenvalue weighted by molar-refractivity contribution is -0.114. The maximum absolute atomic E-state index is 13.0. The van der Waals surface area contributed by atoms with Crippen LogP contribution in [-0.2, 0) is 21.4 Å². The number of anilines is 2. The summed E-state index contributed by atoms with van der Waals surface area (Å²) in [6.45, 7) is 6.03. The molecule has 0 radical (unpaired) electrons. The van der Waals surface area contributed by atoms with Crippen molar-refractivity contribution in [2.45, 2.75) is 32.3 Å². The summed E-state index contributed by atoms with van der Waals surface area (Å²) >= 11 is 0. The number of hydrogen-bond acceptors (Lipinski definition) is 5. The molecule has 5 aromatic carbocycles. The van der Waals surface area contributed by atoms with Crippen molar-refractivity contribution in [2.75, 3.05) is 10.0 Å². The Hall–Kier alpha value is -5.67. The van der Waals surface area contributed by atoms with Crippen molar-refractivity contribution < 1.29 is 17.9 Å². The molecule has 1 heterocycles. The summed E-state index contributed by atoms with van der Waals surface area (Å²) in [5, 5.41) is 7.68. The third-order valence-electron chi connectivity index (χ3n) is 7.68. The highest BCUT2D eigenvalue weighted by Crippen LogP contribution is 2.33. The average Bonchev–Trinajstić information content (AvgIpc) is 3.49. The summed E-state index contributed by atoms with van der Waals surface area (Å²) in [7, 11) is -3.84. The van der Waals surface area contributed by atoms with Crippen LogP contribution < -0.4 is 14.8 Å². The van der Waals surface area contributed by atoms with Crippen LogP contribution in [-0.4, -0.2) is 24.1 Å². The molecule has 47 heavy (non-hydrogen) atoms. The van der Waals surface area contributed by atoms with Crippen LogP contribution in [0.2, 0.25) is 0 Å². The number of aromatic nitrogens is 2. The number of sulfonamides is 1. The Kier molecular flexibility index (Phi) is 8.90. The van der Waals surface area contributed by atoms with E-state index in [-0.39, 0.29) is 10.8 Å². The van der Waals surface area contributed by atoms with Gasteiger partial charge in [0, 0.05) is 29.4 Å². The lowest BCUT2D eigenvalue weighted by Crippen LogP contribution is -2.13. The Balaban J connectivity index is 1.27. The summed E-state index contributed by atoms with van der Waals surface area (Å²) in [4.78, 5) is 11.4. The van der Waals surface area contributed by atoms with E-state index < -0.39 is 10.0 Å². The Morgan fingerprint density at radius 3 is 2.00 bits per heavy atom. The van der Waals surface area contributed by atoms with Gasteiger partial charge >= 0.3 is 0 Å². The van der Waals surface area contributed by atoms with Crippen LogP contribution in [0.4, 0.5) is 11.4 Å². The molecule has 0 fully saturated rings. The van der Waals surface area contributed by atoms with Gasteiger partial charge in [-0.05, 0) is 97.3 Å². The molecular formula is C38H34N4O4S. The third kappa shape index (κ3) is 7.26. The van der Waals surface area contributed by atoms with Crippen LogP contribution in [0.3, 0.4) is 0 Å². The Morgan fingerprint density at radius 1 is 0.745 bits per heavy atom. The zero-order valence-electron chi connectivity index (χ0n) is 26.3. The minimum absolute atomic E-state index is 0.0872. The molecule has 2 N–H and O–H groups in total. The SMILES string of the molecule is CC(=O)Nc1ccc(S(=O)(=O)Nc2ccc(-c3cc(-c4ccc(OCc5ccccc5)cc4)n(-c4c(C)cccc4C)n3)cc2)cc1. The molecule has 1 aromatic heterocycles. The lowest BCUT2D eigenvalue weighted by atomic mass is 10.1. The van der Waals surface area contributed by atoms with E-state index in [2.05, 4.69) is 36.0 Å². The number of carbonyl (C=O) groups is 1. The zero-order valence-corrected chi connectivity index (χ0v) is 27.1. The maximum Gasteiger partial charge on any atom is 0.261 e. The maximum atomic E-state index is 13.0. The number of ether oxygens (including phenoxy) is 1. The molecule has 0 unspecified atom stereocenters. The van der Waals surface area contributed by atoms with Crippen LogP contribution >= 0.6 is 0 Å². The molecule has 0 saturated heterocycles. The highest BCUT2D eigenvalue weighted by molar-refractivity contribution is 7.92. The second-order valence-electron chi connectivity index (χ2n) is 11.3. The van der Waals surface area contributed by atoms with Crippen molar-refractivity contribution in [2.24, 2.45) is 0 Å². The van der Waals surface area contributed by atoms with Gasteiger partial charge in [0.05, 0.1) is 22.0 Å². The van der Waals surface area contributed by atoms with Crippen LogP contribution in [0, 0.1) is 13.8 Å². The first-order chi connectivity index (χ1) is 22.7. The molecule has 0 atom stereocenters. The van der Waals surface area contributed by atoms with Gasteiger partial charge in [0.15, 0.2) is 0 Å². The Labute approximate surface area is 274 Å². The van der Waals surface area contributed by atoms with Crippen molar-refractivity contribution in [1.82, 2.24) is 9.78 Å². The zero-order chi connectivity index (χ0) is 33.0. The molecule has 6 rings (SSSR count). The van der Waals surface area contributed by atoms with E-state index in [1.165, 1.54) is 19.1 Å². The van der Waals surface area contributed by atoms with Gasteiger partial charge in [-0.15, -0.1) is 0 Å². The third-order valence-corrected chi connectivity index (χ3v) is 9.07. The van der Waals surface area contributed by atoms with Gasteiger partial charge in [0.2, 0.25) is 5.91 Å². The van der Waals surface area contributed by atoms with Crippen LogP contribution in [0.5, 0.6) is 5.75 Å². The number of amides is 1. The fourth-order valence-corrected chi connectivity index (χ4v) is 6.40. The van der Waals surface area contributed by atoms with Crippen molar-refractivity contribution >= 4 is 27.3 Å². The molecule has 236 valence electrons. The van der Waals surface area contributed by atoms with Crippen molar-refractivity contribution in [3.05, 3.63) is 144 Å². The van der Waals surface area contributed by atoms with Gasteiger partial charge in [-0.1, -0.05) is 60.7 Å². The highest BCUT2D eigenvalue weighted by Gasteiger charge is 2.18. The lowest BCUT2D eigenvalue weighted by Gasteiger charge is -2.14. The van der Waals surface area contributed by atoms with E-state index in [9.17, 15) is 13.2 Å². The highest BCUT2D eigenvalue weighted by atomic mass is 32.2. The van der Waals surface area contributed by atoms with E-state index in [1.54, 1.807) is 24.3 Å². The van der Waals surface area contributed by atoms with Crippen LogP contribution in [0.15, 0.2) is 132 Å². The van der Waals surface area contributed by atoms with Crippen LogP contribution in [0.25, 0.3) is 28.2 Å². The number of benzene rings is 5. The molecule has 0 bridgehead atoms. The van der Waals surface area contributed by atoms with Crippen molar-refractivity contribution in [3.8, 4) is 34.0 Å². The van der Waals surface area contributed by atoms with Gasteiger partial charge < -0.3 is 10.1 Å². The molecule has 0 aliphatic heterocycles. The van der Waals surface area contributed by atoms with E-state index in [4.69, 9.17) is 9.84 Å². The smallest absolute Gasteiger partial charge is 0.261 e. The van der Waals surface area contributed by atoms with Gasteiger partial charge in [-0.2, -0.15) is 5.10 Å². The first-order valence-corrected chi connectivity index (χ1v) is 16.6. The predicted octanol–water partition coefficient (Wildman–Crippen LogP) is 8.16. The number of rotatable bonds is 10. The normalized spacial score (nSPS) is 11.2. The number of hydrogen-bond donors (Lipinski definition) is 2. The Bertz CT molecular complexity index is 2100. The number of carbonyl (C=O) groups excluding carboxylic acids is 1. The minimum atomic E-state index is -3.84. The summed E-state index contributed by atoms with van der Waals surface area (Å²) < 4.78 is 36.7. The average molecular weight is 643 g/mol. The molecule has 0 aliphatic rings. The van der Waals surface area contributed by atoms with Gasteiger partial charge in [-0.3, -0.25) is 9.52 Å². The van der Waals surface area contributed by atoms with E-state index in [1.807, 2.05) is 83.5 Å². The minimum Gasteiger partial charge on any atom is -0.489 e. The molecule has 0 saturated carbocycles. The van der Waals surface area contributed by atoms with E-state index in [0.717, 1.165) is 50.6 Å². The fraction of sp³-hybridized carbons (Fsp3) is 0.105. The van der Waals surface area contributed by atoms with E-state index >= 15 is 0 Å². The molecule has 0 spiro atoms. The number of para-hydroxylation sites is 1. The molecule has 9 heteroatoms. The standard InChI is InChI=1S/C38H34N4O4S/c1-26-8-7-9-27(2)38(26)42-37(31-14-20-34(21-15-31)46-25-29-10-5-4-6-11-29)24-36(40-42)30-12-16-33(17-13-30)41-47(44,45)35-22-18-32(19-23-35)39-28(3)43/h4-24,41H,25H2,1-3H3,(H,39,43). The predicted molar refractivity (Wildman–Crippen MR) is 186 cm³/mol. The topological polar surface area (TPSA) is 102 Å². The number of nitrogens with one attached hydrogen (secondary N) is 2. The Morgan fingerprint density at radius 2 is 1.36 bits per heavy atom. The first kappa shape index (κ1) is 31.3. The fourth-order valence-electron chi connectivity index (χ4n) is 5.34. The second kappa shape index (κ2) is 13.4. The summed E-state index contributed by atoms with van der Waals surface area (Å²) in [5.74, 6) is 0.546. The molecular weight excluding hydrogens is 609 g/mol. The largest absolute Gasteiger partial charge is 0.489 e.